The van der Waals surface area contributed by atoms with Crippen LogP contribution in [-0.4, -0.2) is 184 Å². The monoisotopic (exact) mass is 1110 g/mol. The van der Waals surface area contributed by atoms with Gasteiger partial charge in [0.15, 0.2) is 11.9 Å². The summed E-state index contributed by atoms with van der Waals surface area (Å²) >= 11 is 0. The zero-order valence-electron chi connectivity index (χ0n) is 48.7. The van der Waals surface area contributed by atoms with Gasteiger partial charge in [-0.25, -0.2) is 4.79 Å². The van der Waals surface area contributed by atoms with Gasteiger partial charge in [0.1, 0.15) is 48.1 Å². The summed E-state index contributed by atoms with van der Waals surface area (Å²) in [7, 11) is 4.26. The van der Waals surface area contributed by atoms with Crippen LogP contribution in [0.2, 0.25) is 0 Å². The Labute approximate surface area is 465 Å². The van der Waals surface area contributed by atoms with Gasteiger partial charge < -0.3 is 54.9 Å². The predicted octanol–water partition coefficient (Wildman–Crippen LogP) is 2.52. The zero-order chi connectivity index (χ0) is 59.3. The molecule has 0 aliphatic carbocycles. The second-order valence-electron chi connectivity index (χ2n) is 22.8. The summed E-state index contributed by atoms with van der Waals surface area (Å²) in [5.74, 6) is -11.3. The number of carbonyl (C=O) groups is 11. The molecule has 0 bridgehead atoms. The van der Waals surface area contributed by atoms with E-state index in [9.17, 15) is 57.8 Å². The van der Waals surface area contributed by atoms with Crippen LogP contribution in [0.3, 0.4) is 0 Å². The lowest BCUT2D eigenvalue weighted by molar-refractivity contribution is -0.163. The summed E-state index contributed by atoms with van der Waals surface area (Å²) in [4.78, 5) is 160. The molecular weight excluding hydrogens is 1020 g/mol. The van der Waals surface area contributed by atoms with E-state index in [0.29, 0.717) is 30.6 Å². The van der Waals surface area contributed by atoms with Crippen LogP contribution < -0.4 is 20.7 Å². The van der Waals surface area contributed by atoms with Crippen LogP contribution in [0, 0.1) is 29.6 Å². The van der Waals surface area contributed by atoms with Gasteiger partial charge in [0.2, 0.25) is 41.2 Å². The first-order valence-corrected chi connectivity index (χ1v) is 27.9. The topological polar surface area (TPSA) is 285 Å². The van der Waals surface area contributed by atoms with Crippen LogP contribution in [0.5, 0.6) is 5.75 Å². The first kappa shape index (κ1) is 65.1. The number of likely N-dealkylation sites (N-methyl/N-ethyl adjacent to an activating group) is 2. The molecule has 0 saturated carbocycles. The van der Waals surface area contributed by atoms with Crippen LogP contribution in [0.15, 0.2) is 24.3 Å². The fourth-order valence-electron chi connectivity index (χ4n) is 10.5. The molecule has 0 radical (unpaired) electrons. The second kappa shape index (κ2) is 29.1. The summed E-state index contributed by atoms with van der Waals surface area (Å²) < 4.78 is 17.2. The van der Waals surface area contributed by atoms with Gasteiger partial charge in [-0.1, -0.05) is 73.9 Å². The van der Waals surface area contributed by atoms with Gasteiger partial charge in [-0.2, -0.15) is 0 Å². The Kier molecular flexibility index (Phi) is 24.0. The van der Waals surface area contributed by atoms with Crippen molar-refractivity contribution in [1.82, 2.24) is 35.6 Å². The number of hydrogen-bond donors (Lipinski definition) is 4. The highest BCUT2D eigenvalue weighted by Crippen LogP contribution is 2.27. The van der Waals surface area contributed by atoms with Gasteiger partial charge in [-0.3, -0.25) is 47.9 Å². The van der Waals surface area contributed by atoms with Crippen LogP contribution in [0.1, 0.15) is 133 Å². The van der Waals surface area contributed by atoms with E-state index in [1.165, 1.54) is 54.7 Å². The molecule has 4 N–H and O–H groups in total. The highest BCUT2D eigenvalue weighted by molar-refractivity contribution is 6.35. The molecule has 3 heterocycles. The quantitative estimate of drug-likeness (QED) is 0.112. The van der Waals surface area contributed by atoms with Crippen molar-refractivity contribution < 1.29 is 72.1 Å². The summed E-state index contributed by atoms with van der Waals surface area (Å²) in [5.41, 5.74) is 0.566. The third-order valence-corrected chi connectivity index (χ3v) is 15.4. The minimum absolute atomic E-state index is 0.0545. The number of nitrogens with zero attached hydrogens (tertiary/aromatic N) is 4. The SMILES string of the molecule is CC[C@H](C)[C@H]1NC(=O)[C@@H](NC(=O)[C@@H](CC(C)C)N(C)C(=O)[C@@H]2CCCN2C(=O)C(C)=O)[C@@H](C)OC(=O)[C@H](Cc2ccc(OC)cc2)N(C)C(=O)[C@@H]2CCCN2C(=O)C(CC(C)C)NC(=O)[C@@H](C)C(=O)[C@H](C(C)C)OC(=O)C[C@@H]1O. The van der Waals surface area contributed by atoms with E-state index in [-0.39, 0.29) is 57.0 Å². The van der Waals surface area contributed by atoms with Gasteiger partial charge in [-0.05, 0) is 93.7 Å². The lowest BCUT2D eigenvalue weighted by atomic mass is 9.91. The molecule has 22 nitrogen and oxygen atoms in total. The maximum atomic E-state index is 15.0. The van der Waals surface area contributed by atoms with E-state index < -0.39 is 150 Å². The molecule has 0 spiro atoms. The predicted molar refractivity (Wildman–Crippen MR) is 289 cm³/mol. The third kappa shape index (κ3) is 16.8. The number of Topliss-reactive ketones (excluding diaryl/α,β-unsaturated/α-hetero) is 2. The summed E-state index contributed by atoms with van der Waals surface area (Å²) in [6, 6.07) is -2.32. The summed E-state index contributed by atoms with van der Waals surface area (Å²) in [6.07, 6.45) is -3.76. The maximum absolute atomic E-state index is 15.0. The lowest BCUT2D eigenvalue weighted by Gasteiger charge is -2.36. The van der Waals surface area contributed by atoms with Crippen molar-refractivity contribution in [3.8, 4) is 5.75 Å². The number of carbonyl (C=O) groups excluding carboxylic acids is 11. The number of fused-ring (bicyclic) bond motifs is 1. The third-order valence-electron chi connectivity index (χ3n) is 15.4. The molecule has 7 amide bonds. The molecule has 3 aliphatic rings. The number of amides is 7. The molecular formula is C57H87N7O15. The average Bonchev–Trinajstić information content (AvgIpc) is 4.13. The number of nitrogens with one attached hydrogen (secondary N) is 3. The van der Waals surface area contributed by atoms with Crippen LogP contribution in [0.25, 0.3) is 0 Å². The Morgan fingerprint density at radius 1 is 0.861 bits per heavy atom. The van der Waals surface area contributed by atoms with Crippen molar-refractivity contribution in [3.63, 3.8) is 0 Å². The van der Waals surface area contributed by atoms with Crippen molar-refractivity contribution in [3.05, 3.63) is 29.8 Å². The first-order valence-electron chi connectivity index (χ1n) is 27.9. The number of esters is 2. The number of aliphatic hydroxyl groups excluding tert-OH is 1. The lowest BCUT2D eigenvalue weighted by Crippen LogP contribution is -2.62. The Hall–Kier alpha value is -6.45. The normalized spacial score (nSPS) is 27.2. The Morgan fingerprint density at radius 2 is 1.49 bits per heavy atom. The van der Waals surface area contributed by atoms with Gasteiger partial charge in [0, 0.05) is 40.5 Å². The Balaban J connectivity index is 1.89. The number of ketones is 2. The van der Waals surface area contributed by atoms with Crippen molar-refractivity contribution in [2.45, 2.75) is 195 Å². The number of cyclic esters (lactones) is 2. The molecule has 4 rings (SSSR count). The van der Waals surface area contributed by atoms with Crippen molar-refractivity contribution in [2.75, 3.05) is 34.3 Å². The average molecular weight is 1110 g/mol. The molecule has 12 atom stereocenters. The molecule has 1 aromatic carbocycles. The maximum Gasteiger partial charge on any atom is 0.329 e. The molecule has 3 fully saturated rings. The molecule has 3 saturated heterocycles. The van der Waals surface area contributed by atoms with E-state index in [1.54, 1.807) is 52.0 Å². The summed E-state index contributed by atoms with van der Waals surface area (Å²) in [5, 5.41) is 20.1. The highest BCUT2D eigenvalue weighted by atomic mass is 16.6. The number of hydrogen-bond acceptors (Lipinski definition) is 15. The number of aliphatic hydroxyl groups is 1. The van der Waals surface area contributed by atoms with E-state index in [2.05, 4.69) is 16.0 Å². The van der Waals surface area contributed by atoms with Gasteiger partial charge in [0.05, 0.1) is 31.6 Å². The van der Waals surface area contributed by atoms with E-state index in [0.717, 1.165) is 6.92 Å². The zero-order valence-corrected chi connectivity index (χ0v) is 48.7. The largest absolute Gasteiger partial charge is 0.497 e. The molecule has 22 heteroatoms. The number of ether oxygens (including phenoxy) is 3. The van der Waals surface area contributed by atoms with Crippen molar-refractivity contribution in [1.29, 1.82) is 0 Å². The fraction of sp³-hybridized carbons (Fsp3) is 0.702. The molecule has 0 aromatic heterocycles. The number of methoxy groups -OCH3 is 1. The van der Waals surface area contributed by atoms with Crippen LogP contribution >= 0.6 is 0 Å². The van der Waals surface area contributed by atoms with Crippen LogP contribution in [0.4, 0.5) is 0 Å². The highest BCUT2D eigenvalue weighted by Gasteiger charge is 2.46. The minimum atomic E-state index is -1.78. The standard InChI is InChI=1S/C57H87N7O15/c1-15-33(8)46-44(66)29-45(67)79-49(32(6)7)48(68)34(9)50(69)58-39(26-30(2)3)54(73)64-25-17-19-41(64)56(75)62(13)43(28-37-20-22-38(77-14)23-21-37)57(76)78-36(11)47(52(71)59-46)60-51(70)42(27-31(4)5)61(12)55(74)40-18-16-24-63(40)53(72)35(10)65/h20-23,30-34,36,39-44,46-47,49,66H,15-19,24-29H2,1-14H3,(H,58,69)(H,59,71)(H,60,70)/t33-,34-,36+,39?,40-,41-,42+,43-,44-,46+,47-,49-/m0/s1. The first-order chi connectivity index (χ1) is 37.0. The van der Waals surface area contributed by atoms with Crippen molar-refractivity contribution >= 4 is 64.9 Å². The smallest absolute Gasteiger partial charge is 0.329 e. The van der Waals surface area contributed by atoms with E-state index >= 15 is 0 Å². The molecule has 440 valence electrons. The number of rotatable bonds is 15. The van der Waals surface area contributed by atoms with Gasteiger partial charge in [-0.15, -0.1) is 0 Å². The van der Waals surface area contributed by atoms with Gasteiger partial charge >= 0.3 is 11.9 Å². The van der Waals surface area contributed by atoms with E-state index in [1.807, 2.05) is 27.7 Å². The Morgan fingerprint density at radius 3 is 2.06 bits per heavy atom. The van der Waals surface area contributed by atoms with Crippen LogP contribution in [-0.2, 0) is 68.6 Å². The Bertz CT molecular complexity index is 2380. The molecule has 1 unspecified atom stereocenters. The van der Waals surface area contributed by atoms with E-state index in [4.69, 9.17) is 14.2 Å². The second-order valence-corrected chi connectivity index (χ2v) is 22.8. The molecule has 3 aliphatic heterocycles. The number of benzene rings is 1. The number of likely N-dealkylation sites (tertiary alicyclic amines) is 1. The summed E-state index contributed by atoms with van der Waals surface area (Å²) in [6.45, 7) is 18.1. The van der Waals surface area contributed by atoms with Crippen molar-refractivity contribution in [2.24, 2.45) is 29.6 Å². The molecule has 1 aromatic rings. The minimum Gasteiger partial charge on any atom is -0.497 e. The molecule has 79 heavy (non-hydrogen) atoms. The fourth-order valence-corrected chi connectivity index (χ4v) is 10.5. The van der Waals surface area contributed by atoms with Gasteiger partial charge in [0.25, 0.3) is 5.91 Å².